The van der Waals surface area contributed by atoms with Crippen LogP contribution < -0.4 is 5.32 Å². The van der Waals surface area contributed by atoms with Crippen molar-refractivity contribution in [1.29, 1.82) is 0 Å². The smallest absolute Gasteiger partial charge is 0.267 e. The van der Waals surface area contributed by atoms with E-state index in [1.54, 1.807) is 28.6 Å². The second kappa shape index (κ2) is 7.46. The molecule has 0 spiro atoms. The number of rotatable bonds is 4. The van der Waals surface area contributed by atoms with Crippen molar-refractivity contribution in [3.05, 3.63) is 40.3 Å². The van der Waals surface area contributed by atoms with E-state index < -0.39 is 10.0 Å². The number of aromatic nitrogens is 1. The number of anilines is 1. The quantitative estimate of drug-likeness (QED) is 0.864. The van der Waals surface area contributed by atoms with Crippen molar-refractivity contribution in [3.63, 3.8) is 0 Å². The van der Waals surface area contributed by atoms with Crippen molar-refractivity contribution in [1.82, 2.24) is 9.29 Å². The third-order valence-corrected chi connectivity index (χ3v) is 7.19. The van der Waals surface area contributed by atoms with Crippen molar-refractivity contribution >= 4 is 33.0 Å². The fourth-order valence-corrected chi connectivity index (χ4v) is 5.67. The number of carbonyl (C=O) groups is 1. The summed E-state index contributed by atoms with van der Waals surface area (Å²) < 4.78 is 27.3. The molecule has 26 heavy (non-hydrogen) atoms. The number of nitrogens with one attached hydrogen (secondary N) is 1. The van der Waals surface area contributed by atoms with Crippen LogP contribution in [0.25, 0.3) is 0 Å². The molecule has 1 aromatic heterocycles. The second-order valence-corrected chi connectivity index (χ2v) is 10.2. The predicted octanol–water partition coefficient (Wildman–Crippen LogP) is 3.37. The first-order chi connectivity index (χ1) is 12.3. The molecule has 1 saturated heterocycles. The van der Waals surface area contributed by atoms with Gasteiger partial charge >= 0.3 is 0 Å². The first-order valence-corrected chi connectivity index (χ1v) is 10.9. The maximum absolute atomic E-state index is 12.9. The van der Waals surface area contributed by atoms with Crippen LogP contribution in [-0.4, -0.2) is 36.7 Å². The van der Waals surface area contributed by atoms with Crippen LogP contribution in [-0.2, 0) is 10.0 Å². The maximum atomic E-state index is 12.9. The lowest BCUT2D eigenvalue weighted by molar-refractivity contribution is 0.103. The number of benzene rings is 1. The fraction of sp³-hybridized carbons (Fsp3) is 0.444. The van der Waals surface area contributed by atoms with E-state index in [0.29, 0.717) is 35.5 Å². The summed E-state index contributed by atoms with van der Waals surface area (Å²) in [6, 6.07) is 6.34. The van der Waals surface area contributed by atoms with Gasteiger partial charge < -0.3 is 5.32 Å². The lowest BCUT2D eigenvalue weighted by Crippen LogP contribution is -2.42. The summed E-state index contributed by atoms with van der Waals surface area (Å²) in [5, 5.41) is 3.59. The van der Waals surface area contributed by atoms with E-state index in [4.69, 9.17) is 0 Å². The first-order valence-electron chi connectivity index (χ1n) is 8.59. The van der Waals surface area contributed by atoms with Crippen molar-refractivity contribution < 1.29 is 13.2 Å². The average Bonchev–Trinajstić information content (AvgIpc) is 3.01. The highest BCUT2D eigenvalue weighted by molar-refractivity contribution is 7.89. The number of aryl methyl sites for hydroxylation is 1. The molecule has 1 amide bonds. The number of sulfonamides is 1. The molecule has 0 radical (unpaired) electrons. The summed E-state index contributed by atoms with van der Waals surface area (Å²) in [5.74, 6) is 0.467. The third kappa shape index (κ3) is 4.13. The van der Waals surface area contributed by atoms with Crippen molar-refractivity contribution in [3.8, 4) is 0 Å². The van der Waals surface area contributed by atoms with Gasteiger partial charge in [-0.2, -0.15) is 4.31 Å². The van der Waals surface area contributed by atoms with Crippen molar-refractivity contribution in [2.24, 2.45) is 11.8 Å². The number of nitrogens with zero attached hydrogens (tertiary/aromatic N) is 2. The highest BCUT2D eigenvalue weighted by Crippen LogP contribution is 2.27. The standard InChI is InChI=1S/C18H23N3O3S2/c1-12-8-13(2)11-21(10-12)26(23,24)16-6-4-15(5-7-16)20-18(22)17-9-19-14(3)25-17/h4-7,9,12-13H,8,10-11H2,1-3H3,(H,20,22). The molecule has 1 aromatic carbocycles. The van der Waals surface area contributed by atoms with E-state index in [9.17, 15) is 13.2 Å². The molecule has 3 rings (SSSR count). The Morgan fingerprint density at radius 2 is 1.81 bits per heavy atom. The zero-order valence-corrected chi connectivity index (χ0v) is 16.7. The van der Waals surface area contributed by atoms with Gasteiger partial charge in [-0.15, -0.1) is 11.3 Å². The van der Waals surface area contributed by atoms with E-state index in [1.165, 1.54) is 17.5 Å². The molecule has 2 unspecified atom stereocenters. The highest BCUT2D eigenvalue weighted by Gasteiger charge is 2.31. The molecular weight excluding hydrogens is 370 g/mol. The first kappa shape index (κ1) is 19.0. The number of hydrogen-bond donors (Lipinski definition) is 1. The van der Waals surface area contributed by atoms with E-state index in [1.807, 2.05) is 6.92 Å². The largest absolute Gasteiger partial charge is 0.321 e. The Bertz CT molecular complexity index is 881. The summed E-state index contributed by atoms with van der Waals surface area (Å²) in [7, 11) is -3.51. The molecule has 0 saturated carbocycles. The predicted molar refractivity (Wildman–Crippen MR) is 103 cm³/mol. The molecule has 0 bridgehead atoms. The minimum absolute atomic E-state index is 0.245. The Morgan fingerprint density at radius 3 is 2.35 bits per heavy atom. The maximum Gasteiger partial charge on any atom is 0.267 e. The van der Waals surface area contributed by atoms with Crippen LogP contribution in [0.2, 0.25) is 0 Å². The molecule has 1 N–H and O–H groups in total. The summed E-state index contributed by atoms with van der Waals surface area (Å²) in [6.07, 6.45) is 2.58. The summed E-state index contributed by atoms with van der Waals surface area (Å²) >= 11 is 1.32. The highest BCUT2D eigenvalue weighted by atomic mass is 32.2. The molecule has 1 fully saturated rings. The zero-order chi connectivity index (χ0) is 18.9. The Balaban J connectivity index is 1.73. The topological polar surface area (TPSA) is 79.4 Å². The SMILES string of the molecule is Cc1ncc(C(=O)Nc2ccc(S(=O)(=O)N3CC(C)CC(C)C3)cc2)s1. The van der Waals surface area contributed by atoms with Gasteiger partial charge in [-0.05, 0) is 49.4 Å². The van der Waals surface area contributed by atoms with Crippen molar-refractivity contribution in [2.75, 3.05) is 18.4 Å². The van der Waals surface area contributed by atoms with Crippen molar-refractivity contribution in [2.45, 2.75) is 32.1 Å². The van der Waals surface area contributed by atoms with Crippen LogP contribution in [0, 0.1) is 18.8 Å². The van der Waals surface area contributed by atoms with Crippen LogP contribution in [0.5, 0.6) is 0 Å². The van der Waals surface area contributed by atoms with Crippen LogP contribution >= 0.6 is 11.3 Å². The van der Waals surface area contributed by atoms with Gasteiger partial charge in [-0.25, -0.2) is 13.4 Å². The molecule has 6 nitrogen and oxygen atoms in total. The zero-order valence-electron chi connectivity index (χ0n) is 15.1. The minimum atomic E-state index is -3.51. The molecular formula is C18H23N3O3S2. The van der Waals surface area contributed by atoms with Crippen LogP contribution in [0.15, 0.2) is 35.4 Å². The van der Waals surface area contributed by atoms with E-state index in [-0.39, 0.29) is 10.8 Å². The Hall–Kier alpha value is -1.77. The van der Waals surface area contributed by atoms with E-state index >= 15 is 0 Å². The molecule has 1 aliphatic rings. The van der Waals surface area contributed by atoms with Gasteiger partial charge in [0.15, 0.2) is 0 Å². The van der Waals surface area contributed by atoms with E-state index in [0.717, 1.165) is 11.4 Å². The Morgan fingerprint density at radius 1 is 1.19 bits per heavy atom. The van der Waals surface area contributed by atoms with Crippen LogP contribution in [0.4, 0.5) is 5.69 Å². The summed E-state index contributed by atoms with van der Waals surface area (Å²) in [4.78, 5) is 17.0. The van der Waals surface area contributed by atoms with Crippen LogP contribution in [0.1, 0.15) is 34.9 Å². The third-order valence-electron chi connectivity index (χ3n) is 4.43. The lowest BCUT2D eigenvalue weighted by atomic mass is 9.94. The molecule has 0 aliphatic carbocycles. The molecule has 2 heterocycles. The number of amides is 1. The lowest BCUT2D eigenvalue weighted by Gasteiger charge is -2.34. The summed E-state index contributed by atoms with van der Waals surface area (Å²) in [5.41, 5.74) is 0.556. The summed E-state index contributed by atoms with van der Waals surface area (Å²) in [6.45, 7) is 7.10. The number of piperidine rings is 1. The van der Waals surface area contributed by atoms with Gasteiger partial charge in [0.1, 0.15) is 4.88 Å². The van der Waals surface area contributed by atoms with Gasteiger partial charge in [0.05, 0.1) is 16.1 Å². The number of hydrogen-bond acceptors (Lipinski definition) is 5. The monoisotopic (exact) mass is 393 g/mol. The van der Waals surface area contributed by atoms with Gasteiger partial charge in [-0.3, -0.25) is 4.79 Å². The minimum Gasteiger partial charge on any atom is -0.321 e. The van der Waals surface area contributed by atoms with Gasteiger partial charge in [0.2, 0.25) is 10.0 Å². The van der Waals surface area contributed by atoms with E-state index in [2.05, 4.69) is 24.1 Å². The molecule has 140 valence electrons. The normalized spacial score (nSPS) is 21.5. The van der Waals surface area contributed by atoms with Gasteiger partial charge in [0.25, 0.3) is 5.91 Å². The Kier molecular flexibility index (Phi) is 5.45. The fourth-order valence-electron chi connectivity index (χ4n) is 3.32. The number of carbonyl (C=O) groups excluding carboxylic acids is 1. The second-order valence-electron chi connectivity index (χ2n) is 6.99. The van der Waals surface area contributed by atoms with Crippen LogP contribution in [0.3, 0.4) is 0 Å². The molecule has 1 aliphatic heterocycles. The average molecular weight is 394 g/mol. The molecule has 2 atom stereocenters. The van der Waals surface area contributed by atoms with Gasteiger partial charge in [0, 0.05) is 18.8 Å². The van der Waals surface area contributed by atoms with Gasteiger partial charge in [-0.1, -0.05) is 13.8 Å². The Labute approximate surface area is 158 Å². The molecule has 8 heteroatoms. The number of thiazole rings is 1. The molecule has 2 aromatic rings.